The number of hydrogen-bond acceptors (Lipinski definition) is 4. The SMILES string of the molecule is COC(=O)NC(C1=Cc2cccnc2Cc2ccc(Cl)cc21)c1cncn1C. The zero-order chi connectivity index (χ0) is 19.7. The zero-order valence-electron chi connectivity index (χ0n) is 15.5. The molecule has 1 amide bonds. The number of aryl methyl sites for hydroxylation is 1. The van der Waals surface area contributed by atoms with Gasteiger partial charge in [-0.1, -0.05) is 23.7 Å². The molecular weight excluding hydrogens is 376 g/mol. The molecule has 1 aromatic carbocycles. The number of carbonyl (C=O) groups is 1. The van der Waals surface area contributed by atoms with Gasteiger partial charge in [-0.3, -0.25) is 4.98 Å². The van der Waals surface area contributed by atoms with Gasteiger partial charge >= 0.3 is 6.09 Å². The van der Waals surface area contributed by atoms with E-state index >= 15 is 0 Å². The molecule has 3 aromatic rings. The number of pyridine rings is 1. The van der Waals surface area contributed by atoms with Gasteiger partial charge in [-0.05, 0) is 46.5 Å². The summed E-state index contributed by atoms with van der Waals surface area (Å²) in [6.45, 7) is 0. The standard InChI is InChI=1S/C21H19ClN4O2/c1-26-12-23-11-19(26)20(25-21(27)28-2)17-8-14-4-3-7-24-18(14)9-13-5-6-15(22)10-16(13)17/h3-8,10-12,20H,9H2,1-2H3,(H,25,27). The molecule has 0 aliphatic heterocycles. The maximum atomic E-state index is 12.2. The first-order valence-electron chi connectivity index (χ1n) is 8.82. The van der Waals surface area contributed by atoms with Crippen molar-refractivity contribution in [2.75, 3.05) is 7.11 Å². The predicted molar refractivity (Wildman–Crippen MR) is 108 cm³/mol. The van der Waals surface area contributed by atoms with E-state index in [2.05, 4.69) is 21.4 Å². The zero-order valence-corrected chi connectivity index (χ0v) is 16.3. The number of imidazole rings is 1. The summed E-state index contributed by atoms with van der Waals surface area (Å²) in [5.41, 5.74) is 5.76. The molecule has 1 N–H and O–H groups in total. The molecule has 2 aromatic heterocycles. The summed E-state index contributed by atoms with van der Waals surface area (Å²) in [6, 6.07) is 9.27. The van der Waals surface area contributed by atoms with Crippen LogP contribution in [0.3, 0.4) is 0 Å². The van der Waals surface area contributed by atoms with E-state index in [-0.39, 0.29) is 0 Å². The van der Waals surface area contributed by atoms with E-state index in [4.69, 9.17) is 16.3 Å². The number of hydrogen-bond donors (Lipinski definition) is 1. The molecule has 0 fully saturated rings. The van der Waals surface area contributed by atoms with Crippen molar-refractivity contribution in [3.05, 3.63) is 82.2 Å². The van der Waals surface area contributed by atoms with Crippen molar-refractivity contribution in [1.82, 2.24) is 19.9 Å². The minimum Gasteiger partial charge on any atom is -0.453 e. The molecule has 1 aliphatic carbocycles. The largest absolute Gasteiger partial charge is 0.453 e. The van der Waals surface area contributed by atoms with E-state index in [9.17, 15) is 4.79 Å². The van der Waals surface area contributed by atoms with E-state index in [0.29, 0.717) is 11.4 Å². The van der Waals surface area contributed by atoms with Gasteiger partial charge in [0.15, 0.2) is 0 Å². The summed E-state index contributed by atoms with van der Waals surface area (Å²) < 4.78 is 6.75. The van der Waals surface area contributed by atoms with Crippen LogP contribution in [-0.4, -0.2) is 27.7 Å². The summed E-state index contributed by atoms with van der Waals surface area (Å²) in [6.07, 6.45) is 7.44. The topological polar surface area (TPSA) is 69.0 Å². The van der Waals surface area contributed by atoms with Crippen LogP contribution in [0.2, 0.25) is 5.02 Å². The second-order valence-corrected chi connectivity index (χ2v) is 7.05. The lowest BCUT2D eigenvalue weighted by molar-refractivity contribution is 0.169. The molecule has 142 valence electrons. The molecule has 0 saturated carbocycles. The molecule has 0 radical (unpaired) electrons. The quantitative estimate of drug-likeness (QED) is 0.728. The molecule has 0 spiro atoms. The number of benzene rings is 1. The van der Waals surface area contributed by atoms with Crippen LogP contribution in [0.25, 0.3) is 11.6 Å². The van der Waals surface area contributed by atoms with Gasteiger partial charge in [-0.15, -0.1) is 0 Å². The van der Waals surface area contributed by atoms with Crippen LogP contribution >= 0.6 is 11.6 Å². The highest BCUT2D eigenvalue weighted by atomic mass is 35.5. The molecule has 7 heteroatoms. The first-order chi connectivity index (χ1) is 13.6. The Hall–Kier alpha value is -3.12. The third kappa shape index (κ3) is 3.39. The summed E-state index contributed by atoms with van der Waals surface area (Å²) >= 11 is 6.33. The van der Waals surface area contributed by atoms with Crippen molar-refractivity contribution in [2.24, 2.45) is 7.05 Å². The fourth-order valence-electron chi connectivity index (χ4n) is 3.50. The molecule has 2 heterocycles. The fourth-order valence-corrected chi connectivity index (χ4v) is 3.67. The third-order valence-electron chi connectivity index (χ3n) is 4.89. The molecule has 6 nitrogen and oxygen atoms in total. The van der Waals surface area contributed by atoms with E-state index < -0.39 is 12.1 Å². The van der Waals surface area contributed by atoms with Gasteiger partial charge < -0.3 is 14.6 Å². The van der Waals surface area contributed by atoms with Crippen molar-refractivity contribution in [2.45, 2.75) is 12.5 Å². The van der Waals surface area contributed by atoms with Crippen molar-refractivity contribution >= 4 is 29.3 Å². The van der Waals surface area contributed by atoms with E-state index in [0.717, 1.165) is 33.7 Å². The van der Waals surface area contributed by atoms with E-state index in [1.807, 2.05) is 41.9 Å². The molecule has 0 saturated heterocycles. The Morgan fingerprint density at radius 1 is 1.36 bits per heavy atom. The molecule has 0 bridgehead atoms. The van der Waals surface area contributed by atoms with Crippen LogP contribution in [0.15, 0.2) is 49.1 Å². The lowest BCUT2D eigenvalue weighted by atomic mass is 9.92. The smallest absolute Gasteiger partial charge is 0.407 e. The van der Waals surface area contributed by atoms with Crippen LogP contribution in [0, 0.1) is 0 Å². The van der Waals surface area contributed by atoms with Gasteiger partial charge in [0, 0.05) is 24.7 Å². The fraction of sp³-hybridized carbons (Fsp3) is 0.190. The van der Waals surface area contributed by atoms with Crippen molar-refractivity contribution < 1.29 is 9.53 Å². The lowest BCUT2D eigenvalue weighted by Crippen LogP contribution is -2.30. The number of ether oxygens (including phenoxy) is 1. The predicted octanol–water partition coefficient (Wildman–Crippen LogP) is 4.01. The monoisotopic (exact) mass is 394 g/mol. The Bertz CT molecular complexity index is 1070. The number of alkyl carbamates (subject to hydrolysis) is 1. The van der Waals surface area contributed by atoms with Crippen LogP contribution in [0.5, 0.6) is 0 Å². The summed E-state index contributed by atoms with van der Waals surface area (Å²) in [7, 11) is 3.24. The Labute approximate surface area is 167 Å². The summed E-state index contributed by atoms with van der Waals surface area (Å²) in [5, 5.41) is 3.57. The van der Waals surface area contributed by atoms with Crippen LogP contribution < -0.4 is 5.32 Å². The van der Waals surface area contributed by atoms with Gasteiger partial charge in [0.1, 0.15) is 0 Å². The maximum absolute atomic E-state index is 12.2. The van der Waals surface area contributed by atoms with E-state index in [1.165, 1.54) is 7.11 Å². The summed E-state index contributed by atoms with van der Waals surface area (Å²) in [5.74, 6) is 0. The second-order valence-electron chi connectivity index (χ2n) is 6.62. The molecule has 1 unspecified atom stereocenters. The molecule has 1 aliphatic rings. The number of amides is 1. The number of aromatic nitrogens is 3. The number of carbonyl (C=O) groups excluding carboxylic acids is 1. The third-order valence-corrected chi connectivity index (χ3v) is 5.12. The minimum atomic E-state index is -0.522. The highest BCUT2D eigenvalue weighted by Crippen LogP contribution is 2.38. The molecule has 4 rings (SSSR count). The maximum Gasteiger partial charge on any atom is 0.407 e. The van der Waals surface area contributed by atoms with Crippen LogP contribution in [0.1, 0.15) is 34.1 Å². The highest BCUT2D eigenvalue weighted by Gasteiger charge is 2.27. The normalized spacial score (nSPS) is 13.6. The van der Waals surface area contributed by atoms with Crippen molar-refractivity contribution in [3.8, 4) is 0 Å². The molecular formula is C21H19ClN4O2. The van der Waals surface area contributed by atoms with Gasteiger partial charge in [-0.25, -0.2) is 9.78 Å². The second kappa shape index (κ2) is 7.48. The van der Waals surface area contributed by atoms with Crippen molar-refractivity contribution in [3.63, 3.8) is 0 Å². The number of halogens is 1. The lowest BCUT2D eigenvalue weighted by Gasteiger charge is -2.23. The summed E-state index contributed by atoms with van der Waals surface area (Å²) in [4.78, 5) is 20.9. The average molecular weight is 395 g/mol. The van der Waals surface area contributed by atoms with E-state index in [1.54, 1.807) is 18.7 Å². The first kappa shape index (κ1) is 18.3. The Morgan fingerprint density at radius 2 is 2.21 bits per heavy atom. The molecule has 28 heavy (non-hydrogen) atoms. The van der Waals surface area contributed by atoms with Gasteiger partial charge in [0.2, 0.25) is 0 Å². The highest BCUT2D eigenvalue weighted by molar-refractivity contribution is 6.30. The molecule has 1 atom stereocenters. The van der Waals surface area contributed by atoms with Gasteiger partial charge in [-0.2, -0.15) is 0 Å². The Morgan fingerprint density at radius 3 is 2.96 bits per heavy atom. The Kier molecular flexibility index (Phi) is 4.88. The van der Waals surface area contributed by atoms with Crippen LogP contribution in [0.4, 0.5) is 4.79 Å². The van der Waals surface area contributed by atoms with Gasteiger partial charge in [0.05, 0.1) is 37.1 Å². The van der Waals surface area contributed by atoms with Crippen LogP contribution in [-0.2, 0) is 18.2 Å². The Balaban J connectivity index is 1.95. The first-order valence-corrected chi connectivity index (χ1v) is 9.19. The number of nitrogens with zero attached hydrogens (tertiary/aromatic N) is 3. The number of nitrogens with one attached hydrogen (secondary N) is 1. The van der Waals surface area contributed by atoms with Gasteiger partial charge in [0.25, 0.3) is 0 Å². The minimum absolute atomic E-state index is 0.469. The average Bonchev–Trinajstić information content (AvgIpc) is 3.05. The van der Waals surface area contributed by atoms with Crippen molar-refractivity contribution in [1.29, 1.82) is 0 Å². The number of methoxy groups -OCH3 is 1. The number of rotatable bonds is 3. The number of fused-ring (bicyclic) bond motifs is 2.